The van der Waals surface area contributed by atoms with Crippen LogP contribution in [0.3, 0.4) is 0 Å². The van der Waals surface area contributed by atoms with Crippen LogP contribution in [0.2, 0.25) is 0 Å². The van der Waals surface area contributed by atoms with Gasteiger partial charge in [-0.1, -0.05) is 31.1 Å². The molecule has 0 aliphatic carbocycles. The van der Waals surface area contributed by atoms with E-state index in [0.717, 1.165) is 18.6 Å². The molecule has 134 valence electrons. The number of nitro groups is 1. The lowest BCUT2D eigenvalue weighted by Crippen LogP contribution is -1.96. The first kappa shape index (κ1) is 17.9. The lowest BCUT2D eigenvalue weighted by atomic mass is 10.2. The topological polar surface area (TPSA) is 90.0 Å². The molecule has 7 nitrogen and oxygen atoms in total. The first-order valence-electron chi connectivity index (χ1n) is 8.35. The summed E-state index contributed by atoms with van der Waals surface area (Å²) in [4.78, 5) is 14.7. The molecule has 2 aromatic carbocycles. The average Bonchev–Trinajstić information content (AvgIpc) is 3.06. The maximum Gasteiger partial charge on any atom is 0.270 e. The maximum atomic E-state index is 10.8. The van der Waals surface area contributed by atoms with Gasteiger partial charge in [0.1, 0.15) is 5.75 Å². The van der Waals surface area contributed by atoms with Crippen LogP contribution >= 0.6 is 11.3 Å². The second-order valence-electron chi connectivity index (χ2n) is 5.66. The van der Waals surface area contributed by atoms with Crippen LogP contribution < -0.4 is 4.74 Å². The normalized spacial score (nSPS) is 11.3. The molecule has 0 radical (unpaired) electrons. The summed E-state index contributed by atoms with van der Waals surface area (Å²) in [5.41, 5.74) is 1.40. The van der Waals surface area contributed by atoms with E-state index in [1.54, 1.807) is 6.07 Å². The molecule has 3 aromatic rings. The Morgan fingerprint density at radius 2 is 1.96 bits per heavy atom. The van der Waals surface area contributed by atoms with Gasteiger partial charge in [-0.15, -0.1) is 10.2 Å². The van der Waals surface area contributed by atoms with E-state index in [9.17, 15) is 10.1 Å². The minimum atomic E-state index is -0.424. The third kappa shape index (κ3) is 4.60. The molecule has 0 amide bonds. The van der Waals surface area contributed by atoms with Crippen LogP contribution in [0.4, 0.5) is 16.5 Å². The monoisotopic (exact) mass is 370 g/mol. The predicted octanol–water partition coefficient (Wildman–Crippen LogP) is 6.19. The van der Waals surface area contributed by atoms with Gasteiger partial charge in [-0.05, 0) is 36.8 Å². The van der Waals surface area contributed by atoms with Gasteiger partial charge in [0.2, 0.25) is 5.13 Å². The number of unbranched alkanes of at least 4 members (excludes halogenated alkanes) is 2. The number of nitro benzene ring substituents is 1. The Kier molecular flexibility index (Phi) is 5.85. The number of thiazole rings is 1. The lowest BCUT2D eigenvalue weighted by molar-refractivity contribution is -0.384. The van der Waals surface area contributed by atoms with Gasteiger partial charge in [-0.25, -0.2) is 4.98 Å². The van der Waals surface area contributed by atoms with Crippen molar-refractivity contribution in [3.05, 3.63) is 52.6 Å². The zero-order valence-electron chi connectivity index (χ0n) is 14.3. The zero-order chi connectivity index (χ0) is 18.4. The summed E-state index contributed by atoms with van der Waals surface area (Å²) in [6.07, 6.45) is 3.38. The van der Waals surface area contributed by atoms with E-state index >= 15 is 0 Å². The number of benzene rings is 2. The minimum absolute atomic E-state index is 0.0409. The van der Waals surface area contributed by atoms with Gasteiger partial charge in [0, 0.05) is 12.1 Å². The highest BCUT2D eigenvalue weighted by atomic mass is 32.1. The van der Waals surface area contributed by atoms with Crippen molar-refractivity contribution in [1.29, 1.82) is 0 Å². The molecule has 0 spiro atoms. The SMILES string of the molecule is CCCCCOc1ccc(N=Nc2nc3ccc([N+](=O)[O-])cc3s2)cc1. The van der Waals surface area contributed by atoms with Gasteiger partial charge >= 0.3 is 0 Å². The first-order chi connectivity index (χ1) is 12.7. The van der Waals surface area contributed by atoms with E-state index in [2.05, 4.69) is 22.1 Å². The number of ether oxygens (including phenoxy) is 1. The number of rotatable bonds is 8. The van der Waals surface area contributed by atoms with Crippen molar-refractivity contribution in [3.8, 4) is 5.75 Å². The fourth-order valence-corrected chi connectivity index (χ4v) is 3.13. The third-order valence-electron chi connectivity index (χ3n) is 3.68. The Morgan fingerprint density at radius 3 is 2.69 bits per heavy atom. The Bertz CT molecular complexity index is 922. The van der Waals surface area contributed by atoms with Crippen LogP contribution in [0.1, 0.15) is 26.2 Å². The molecule has 8 heteroatoms. The van der Waals surface area contributed by atoms with Gasteiger partial charge in [0.25, 0.3) is 5.69 Å². The molecular weight excluding hydrogens is 352 g/mol. The van der Waals surface area contributed by atoms with Crippen molar-refractivity contribution in [2.75, 3.05) is 6.61 Å². The minimum Gasteiger partial charge on any atom is -0.494 e. The molecule has 0 aliphatic rings. The van der Waals surface area contributed by atoms with Crippen LogP contribution in [0.15, 0.2) is 52.7 Å². The van der Waals surface area contributed by atoms with E-state index in [-0.39, 0.29) is 5.69 Å². The molecule has 0 fully saturated rings. The van der Waals surface area contributed by atoms with Crippen LogP contribution in [-0.2, 0) is 0 Å². The van der Waals surface area contributed by atoms with Gasteiger partial charge in [0.15, 0.2) is 0 Å². The fourth-order valence-electron chi connectivity index (χ4n) is 2.31. The van der Waals surface area contributed by atoms with Crippen molar-refractivity contribution in [2.24, 2.45) is 10.2 Å². The molecular formula is C18H18N4O3S. The smallest absolute Gasteiger partial charge is 0.270 e. The summed E-state index contributed by atoms with van der Waals surface area (Å²) in [6, 6.07) is 11.9. The molecule has 3 rings (SSSR count). The van der Waals surface area contributed by atoms with Crippen molar-refractivity contribution < 1.29 is 9.66 Å². The number of fused-ring (bicyclic) bond motifs is 1. The van der Waals surface area contributed by atoms with Crippen molar-refractivity contribution >= 4 is 38.1 Å². The quantitative estimate of drug-likeness (QED) is 0.205. The molecule has 0 aliphatic heterocycles. The second kappa shape index (κ2) is 8.48. The molecule has 0 atom stereocenters. The Morgan fingerprint density at radius 1 is 1.15 bits per heavy atom. The first-order valence-corrected chi connectivity index (χ1v) is 9.17. The number of hydrogen-bond acceptors (Lipinski definition) is 7. The van der Waals surface area contributed by atoms with Crippen LogP contribution in [-0.4, -0.2) is 16.5 Å². The van der Waals surface area contributed by atoms with E-state index < -0.39 is 4.92 Å². The van der Waals surface area contributed by atoms with E-state index in [1.807, 2.05) is 24.3 Å². The molecule has 0 bridgehead atoms. The number of aromatic nitrogens is 1. The van der Waals surface area contributed by atoms with E-state index in [1.165, 1.54) is 29.9 Å². The highest BCUT2D eigenvalue weighted by Crippen LogP contribution is 2.31. The largest absolute Gasteiger partial charge is 0.494 e. The second-order valence-corrected chi connectivity index (χ2v) is 6.66. The van der Waals surface area contributed by atoms with Crippen LogP contribution in [0.5, 0.6) is 5.75 Å². The number of azo groups is 1. The average molecular weight is 370 g/mol. The third-order valence-corrected chi connectivity index (χ3v) is 4.58. The molecule has 0 saturated heterocycles. The highest BCUT2D eigenvalue weighted by Gasteiger charge is 2.10. The standard InChI is InChI=1S/C18H18N4O3S/c1-2-3-4-11-25-15-8-5-13(6-9-15)20-21-18-19-16-10-7-14(22(23)24)12-17(16)26-18/h5-10,12H,2-4,11H2,1H3. The summed E-state index contributed by atoms with van der Waals surface area (Å²) in [6.45, 7) is 2.87. The Labute approximate surface area is 154 Å². The van der Waals surface area contributed by atoms with Crippen LogP contribution in [0.25, 0.3) is 10.2 Å². The van der Waals surface area contributed by atoms with Gasteiger partial charge in [-0.3, -0.25) is 10.1 Å². The van der Waals surface area contributed by atoms with E-state index in [4.69, 9.17) is 4.74 Å². The summed E-state index contributed by atoms with van der Waals surface area (Å²) in [7, 11) is 0. The molecule has 1 aromatic heterocycles. The van der Waals surface area contributed by atoms with Gasteiger partial charge < -0.3 is 4.74 Å². The maximum absolute atomic E-state index is 10.8. The zero-order valence-corrected chi connectivity index (χ0v) is 15.1. The van der Waals surface area contributed by atoms with Gasteiger partial charge in [-0.2, -0.15) is 0 Å². The number of hydrogen-bond donors (Lipinski definition) is 0. The summed E-state index contributed by atoms with van der Waals surface area (Å²) in [5, 5.41) is 19.6. The predicted molar refractivity (Wildman–Crippen MR) is 102 cm³/mol. The summed E-state index contributed by atoms with van der Waals surface area (Å²) >= 11 is 1.27. The summed E-state index contributed by atoms with van der Waals surface area (Å²) in [5.74, 6) is 0.812. The van der Waals surface area contributed by atoms with E-state index in [0.29, 0.717) is 27.6 Å². The number of nitrogens with zero attached hydrogens (tertiary/aromatic N) is 4. The fraction of sp³-hybridized carbons (Fsp3) is 0.278. The van der Waals surface area contributed by atoms with Crippen molar-refractivity contribution in [2.45, 2.75) is 26.2 Å². The van der Waals surface area contributed by atoms with Crippen molar-refractivity contribution in [3.63, 3.8) is 0 Å². The Hall–Kier alpha value is -2.87. The van der Waals surface area contributed by atoms with Gasteiger partial charge in [0.05, 0.1) is 27.4 Å². The molecule has 0 N–H and O–H groups in total. The Balaban J connectivity index is 1.65. The van der Waals surface area contributed by atoms with Crippen LogP contribution in [0, 0.1) is 10.1 Å². The number of non-ortho nitro benzene ring substituents is 1. The molecule has 1 heterocycles. The molecule has 0 saturated carbocycles. The highest BCUT2D eigenvalue weighted by molar-refractivity contribution is 7.21. The molecule has 26 heavy (non-hydrogen) atoms. The molecule has 0 unspecified atom stereocenters. The lowest BCUT2D eigenvalue weighted by Gasteiger charge is -2.05. The summed E-state index contributed by atoms with van der Waals surface area (Å²) < 4.78 is 6.37. The van der Waals surface area contributed by atoms with Crippen molar-refractivity contribution in [1.82, 2.24) is 4.98 Å².